The Morgan fingerprint density at radius 3 is 2.74 bits per heavy atom. The molecular formula is C21H23NO. The summed E-state index contributed by atoms with van der Waals surface area (Å²) < 4.78 is 5.25. The van der Waals surface area contributed by atoms with Crippen LogP contribution in [0.4, 0.5) is 0 Å². The maximum Gasteiger partial charge on any atom is 0.118 e. The van der Waals surface area contributed by atoms with Gasteiger partial charge in [0.2, 0.25) is 0 Å². The van der Waals surface area contributed by atoms with Crippen molar-refractivity contribution in [2.45, 2.75) is 31.8 Å². The van der Waals surface area contributed by atoms with Gasteiger partial charge in [0, 0.05) is 19.0 Å². The molecule has 1 aliphatic heterocycles. The molecule has 2 heteroatoms. The van der Waals surface area contributed by atoms with Crippen LogP contribution in [0.5, 0.6) is 5.75 Å². The summed E-state index contributed by atoms with van der Waals surface area (Å²) in [5, 5.41) is 0. The molecule has 0 aromatic heterocycles. The number of benzene rings is 2. The maximum atomic E-state index is 5.25. The molecule has 0 bridgehead atoms. The van der Waals surface area contributed by atoms with E-state index in [1.54, 1.807) is 12.7 Å². The van der Waals surface area contributed by atoms with Gasteiger partial charge in [0.25, 0.3) is 0 Å². The first-order valence-electron chi connectivity index (χ1n) is 8.46. The molecule has 1 heterocycles. The van der Waals surface area contributed by atoms with Crippen LogP contribution in [0.15, 0.2) is 54.6 Å². The first-order chi connectivity index (χ1) is 11.3. The van der Waals surface area contributed by atoms with Crippen LogP contribution in [0.3, 0.4) is 0 Å². The van der Waals surface area contributed by atoms with Gasteiger partial charge in [-0.2, -0.15) is 0 Å². The van der Waals surface area contributed by atoms with Crippen LogP contribution in [-0.2, 0) is 19.5 Å². The number of methoxy groups -OCH3 is 1. The predicted octanol–water partition coefficient (Wildman–Crippen LogP) is 4.30. The van der Waals surface area contributed by atoms with E-state index in [2.05, 4.69) is 59.5 Å². The minimum absolute atomic E-state index is 0.607. The molecular weight excluding hydrogens is 282 g/mol. The largest absolute Gasteiger partial charge is 0.497 e. The van der Waals surface area contributed by atoms with E-state index in [9.17, 15) is 0 Å². The zero-order valence-electron chi connectivity index (χ0n) is 13.7. The first-order valence-corrected chi connectivity index (χ1v) is 8.46. The molecule has 0 saturated carbocycles. The second-order valence-corrected chi connectivity index (χ2v) is 6.58. The van der Waals surface area contributed by atoms with Crippen molar-refractivity contribution in [2.75, 3.05) is 13.7 Å². The fourth-order valence-corrected chi connectivity index (χ4v) is 3.92. The molecule has 118 valence electrons. The third kappa shape index (κ3) is 2.91. The molecule has 2 nitrogen and oxygen atoms in total. The van der Waals surface area contributed by atoms with Gasteiger partial charge in [-0.3, -0.25) is 4.90 Å². The standard InChI is InChI=1S/C21H23NO/c1-23-20-10-8-16(9-11-20)14-22-13-12-18-6-2-4-17-5-3-7-19(15-22)21(17)18/h2-3,5-11,18H,4,12-15H2,1H3/t18-/m1/s1. The summed E-state index contributed by atoms with van der Waals surface area (Å²) in [7, 11) is 1.72. The lowest BCUT2D eigenvalue weighted by Crippen LogP contribution is -2.22. The Morgan fingerprint density at radius 2 is 1.91 bits per heavy atom. The summed E-state index contributed by atoms with van der Waals surface area (Å²) in [5.41, 5.74) is 6.00. The van der Waals surface area contributed by atoms with E-state index in [0.717, 1.165) is 31.8 Å². The molecule has 0 N–H and O–H groups in total. The Balaban J connectivity index is 1.56. The molecule has 4 rings (SSSR count). The molecule has 0 fully saturated rings. The first kappa shape index (κ1) is 14.5. The summed E-state index contributed by atoms with van der Waals surface area (Å²) in [6, 6.07) is 15.3. The summed E-state index contributed by atoms with van der Waals surface area (Å²) in [4.78, 5) is 2.57. The highest BCUT2D eigenvalue weighted by Crippen LogP contribution is 2.35. The van der Waals surface area contributed by atoms with Crippen molar-refractivity contribution in [3.63, 3.8) is 0 Å². The number of hydrogen-bond donors (Lipinski definition) is 0. The third-order valence-electron chi connectivity index (χ3n) is 5.08. The molecule has 1 aliphatic carbocycles. The van der Waals surface area contributed by atoms with Gasteiger partial charge in [0.15, 0.2) is 0 Å². The van der Waals surface area contributed by atoms with Crippen LogP contribution in [0, 0.1) is 0 Å². The summed E-state index contributed by atoms with van der Waals surface area (Å²) in [6.07, 6.45) is 7.08. The van der Waals surface area contributed by atoms with Crippen LogP contribution in [0.25, 0.3) is 0 Å². The normalized spacial score (nSPS) is 20.0. The Morgan fingerprint density at radius 1 is 1.09 bits per heavy atom. The fraction of sp³-hybridized carbons (Fsp3) is 0.333. The number of nitrogens with zero attached hydrogens (tertiary/aromatic N) is 1. The highest BCUT2D eigenvalue weighted by Gasteiger charge is 2.24. The van der Waals surface area contributed by atoms with E-state index >= 15 is 0 Å². The van der Waals surface area contributed by atoms with E-state index in [1.807, 2.05) is 0 Å². The third-order valence-corrected chi connectivity index (χ3v) is 5.08. The smallest absolute Gasteiger partial charge is 0.118 e. The molecule has 2 aromatic carbocycles. The van der Waals surface area contributed by atoms with Crippen LogP contribution in [0.1, 0.15) is 34.6 Å². The number of hydrogen-bond acceptors (Lipinski definition) is 2. The van der Waals surface area contributed by atoms with Crippen LogP contribution < -0.4 is 4.74 Å². The Labute approximate surface area is 138 Å². The zero-order valence-corrected chi connectivity index (χ0v) is 13.7. The van der Waals surface area contributed by atoms with Gasteiger partial charge in [0.1, 0.15) is 5.75 Å². The number of rotatable bonds is 3. The van der Waals surface area contributed by atoms with E-state index in [0.29, 0.717) is 5.92 Å². The minimum atomic E-state index is 0.607. The molecule has 23 heavy (non-hydrogen) atoms. The molecule has 0 unspecified atom stereocenters. The van der Waals surface area contributed by atoms with E-state index < -0.39 is 0 Å². The lowest BCUT2D eigenvalue weighted by molar-refractivity contribution is 0.259. The molecule has 2 aromatic rings. The Hall–Kier alpha value is -2.06. The summed E-state index contributed by atoms with van der Waals surface area (Å²) >= 11 is 0. The van der Waals surface area contributed by atoms with Gasteiger partial charge < -0.3 is 4.74 Å². The van der Waals surface area contributed by atoms with Gasteiger partial charge in [-0.15, -0.1) is 0 Å². The SMILES string of the molecule is COc1ccc(CN2CC[C@H]3C=CCc4cccc(c43)C2)cc1. The average Bonchev–Trinajstić information content (AvgIpc) is 2.77. The van der Waals surface area contributed by atoms with Crippen molar-refractivity contribution in [2.24, 2.45) is 0 Å². The molecule has 0 saturated heterocycles. The molecule has 2 aliphatic rings. The van der Waals surface area contributed by atoms with Gasteiger partial charge in [-0.25, -0.2) is 0 Å². The lowest BCUT2D eigenvalue weighted by atomic mass is 9.83. The minimum Gasteiger partial charge on any atom is -0.497 e. The van der Waals surface area contributed by atoms with E-state index in [4.69, 9.17) is 4.74 Å². The highest BCUT2D eigenvalue weighted by molar-refractivity contribution is 5.44. The zero-order chi connectivity index (χ0) is 15.6. The van der Waals surface area contributed by atoms with Gasteiger partial charge in [-0.05, 0) is 53.8 Å². The molecule has 1 atom stereocenters. The second-order valence-electron chi connectivity index (χ2n) is 6.58. The average molecular weight is 305 g/mol. The van der Waals surface area contributed by atoms with Crippen molar-refractivity contribution >= 4 is 0 Å². The van der Waals surface area contributed by atoms with Gasteiger partial charge in [0.05, 0.1) is 7.11 Å². The van der Waals surface area contributed by atoms with Crippen molar-refractivity contribution in [1.82, 2.24) is 4.90 Å². The predicted molar refractivity (Wildman–Crippen MR) is 93.8 cm³/mol. The molecule has 0 radical (unpaired) electrons. The van der Waals surface area contributed by atoms with Gasteiger partial charge >= 0.3 is 0 Å². The molecule has 0 amide bonds. The quantitative estimate of drug-likeness (QED) is 0.784. The maximum absolute atomic E-state index is 5.25. The van der Waals surface area contributed by atoms with Crippen LogP contribution >= 0.6 is 0 Å². The van der Waals surface area contributed by atoms with Crippen molar-refractivity contribution in [1.29, 1.82) is 0 Å². The van der Waals surface area contributed by atoms with Crippen LogP contribution in [0.2, 0.25) is 0 Å². The van der Waals surface area contributed by atoms with Gasteiger partial charge in [-0.1, -0.05) is 42.5 Å². The number of allylic oxidation sites excluding steroid dienone is 2. The highest BCUT2D eigenvalue weighted by atomic mass is 16.5. The summed E-state index contributed by atoms with van der Waals surface area (Å²) in [6.45, 7) is 3.21. The summed E-state index contributed by atoms with van der Waals surface area (Å²) in [5.74, 6) is 1.53. The topological polar surface area (TPSA) is 12.5 Å². The van der Waals surface area contributed by atoms with E-state index in [-0.39, 0.29) is 0 Å². The van der Waals surface area contributed by atoms with Crippen molar-refractivity contribution in [3.8, 4) is 5.75 Å². The monoisotopic (exact) mass is 305 g/mol. The van der Waals surface area contributed by atoms with Crippen molar-refractivity contribution < 1.29 is 4.74 Å². The van der Waals surface area contributed by atoms with Crippen molar-refractivity contribution in [3.05, 3.63) is 76.9 Å². The Bertz CT molecular complexity index is 717. The molecule has 0 spiro atoms. The second kappa shape index (κ2) is 6.21. The van der Waals surface area contributed by atoms with Crippen LogP contribution in [-0.4, -0.2) is 18.6 Å². The van der Waals surface area contributed by atoms with E-state index in [1.165, 1.54) is 23.1 Å². The fourth-order valence-electron chi connectivity index (χ4n) is 3.92. The Kier molecular flexibility index (Phi) is 3.92. The lowest BCUT2D eigenvalue weighted by Gasteiger charge is -2.21. The number of ether oxygens (including phenoxy) is 1.